The number of furan rings is 1. The van der Waals surface area contributed by atoms with E-state index in [9.17, 15) is 4.79 Å². The molecule has 0 amide bonds. The normalized spacial score (nSPS) is 10.6. The second-order valence-corrected chi connectivity index (χ2v) is 6.09. The molecule has 0 N–H and O–H groups in total. The number of ether oxygens (including phenoxy) is 1. The fourth-order valence-corrected chi connectivity index (χ4v) is 2.60. The molecule has 0 unspecified atom stereocenters. The number of hydrogen-bond donors (Lipinski definition) is 0. The lowest BCUT2D eigenvalue weighted by Gasteiger charge is -2.04. The van der Waals surface area contributed by atoms with Crippen molar-refractivity contribution in [3.8, 4) is 11.3 Å². The summed E-state index contributed by atoms with van der Waals surface area (Å²) < 4.78 is 11.0. The molecule has 24 heavy (non-hydrogen) atoms. The number of rotatable bonds is 4. The van der Waals surface area contributed by atoms with Crippen molar-refractivity contribution < 1.29 is 13.9 Å². The molecular weight excluding hydrogens is 347 g/mol. The van der Waals surface area contributed by atoms with Gasteiger partial charge in [-0.3, -0.25) is 0 Å². The van der Waals surface area contributed by atoms with E-state index in [-0.39, 0.29) is 6.61 Å². The average Bonchev–Trinajstić information content (AvgIpc) is 3.04. The average molecular weight is 361 g/mol. The Labute approximate surface area is 149 Å². The van der Waals surface area contributed by atoms with Crippen molar-refractivity contribution in [2.75, 3.05) is 0 Å². The van der Waals surface area contributed by atoms with Gasteiger partial charge in [0.25, 0.3) is 0 Å². The summed E-state index contributed by atoms with van der Waals surface area (Å²) in [6.07, 6.45) is 0. The van der Waals surface area contributed by atoms with Crippen molar-refractivity contribution in [2.45, 2.75) is 13.5 Å². The molecule has 1 aromatic heterocycles. The Morgan fingerprint density at radius 2 is 1.79 bits per heavy atom. The molecule has 0 fully saturated rings. The van der Waals surface area contributed by atoms with Crippen LogP contribution in [-0.2, 0) is 11.3 Å². The van der Waals surface area contributed by atoms with Gasteiger partial charge in [0.2, 0.25) is 0 Å². The van der Waals surface area contributed by atoms with Crippen LogP contribution in [0, 0.1) is 6.92 Å². The molecule has 0 aliphatic carbocycles. The first-order valence-corrected chi connectivity index (χ1v) is 8.07. The van der Waals surface area contributed by atoms with Crippen LogP contribution >= 0.6 is 23.2 Å². The molecule has 0 saturated carbocycles. The number of carbonyl (C=O) groups excluding carboxylic acids is 1. The van der Waals surface area contributed by atoms with E-state index < -0.39 is 5.97 Å². The minimum atomic E-state index is -0.395. The maximum Gasteiger partial charge on any atom is 0.338 e. The van der Waals surface area contributed by atoms with Crippen molar-refractivity contribution in [1.82, 2.24) is 0 Å². The van der Waals surface area contributed by atoms with E-state index in [1.54, 1.807) is 36.4 Å². The van der Waals surface area contributed by atoms with Gasteiger partial charge in [0.1, 0.15) is 18.1 Å². The van der Waals surface area contributed by atoms with Crippen molar-refractivity contribution in [1.29, 1.82) is 0 Å². The Hall–Kier alpha value is -2.23. The van der Waals surface area contributed by atoms with Gasteiger partial charge in [-0.1, -0.05) is 47.0 Å². The molecule has 0 aliphatic heterocycles. The monoisotopic (exact) mass is 360 g/mol. The Kier molecular flexibility index (Phi) is 4.93. The molecule has 0 bridgehead atoms. The highest BCUT2D eigenvalue weighted by atomic mass is 35.5. The summed E-state index contributed by atoms with van der Waals surface area (Å²) in [7, 11) is 0. The van der Waals surface area contributed by atoms with Gasteiger partial charge in [0, 0.05) is 5.56 Å². The highest BCUT2D eigenvalue weighted by Crippen LogP contribution is 2.34. The summed E-state index contributed by atoms with van der Waals surface area (Å²) in [6.45, 7) is 2.01. The van der Waals surface area contributed by atoms with Gasteiger partial charge >= 0.3 is 5.97 Å². The molecule has 0 radical (unpaired) electrons. The summed E-state index contributed by atoms with van der Waals surface area (Å²) in [5.74, 6) is 0.708. The van der Waals surface area contributed by atoms with Crippen LogP contribution < -0.4 is 0 Å². The lowest BCUT2D eigenvalue weighted by atomic mass is 10.1. The Bertz CT molecular complexity index is 867. The van der Waals surface area contributed by atoms with Crippen LogP contribution in [0.5, 0.6) is 0 Å². The maximum absolute atomic E-state index is 12.0. The quantitative estimate of drug-likeness (QED) is 0.542. The smallest absolute Gasteiger partial charge is 0.338 e. The van der Waals surface area contributed by atoms with Crippen LogP contribution in [-0.4, -0.2) is 5.97 Å². The molecule has 3 aromatic rings. The molecule has 3 rings (SSSR count). The largest absolute Gasteiger partial charge is 0.457 e. The summed E-state index contributed by atoms with van der Waals surface area (Å²) in [5.41, 5.74) is 2.28. The molecular formula is C19H14Cl2O3. The number of esters is 1. The lowest BCUT2D eigenvalue weighted by Crippen LogP contribution is -2.04. The molecule has 2 aromatic carbocycles. The Morgan fingerprint density at radius 1 is 1.04 bits per heavy atom. The Balaban J connectivity index is 1.69. The molecule has 122 valence electrons. The first-order chi connectivity index (χ1) is 11.5. The van der Waals surface area contributed by atoms with Gasteiger partial charge in [0.05, 0.1) is 15.6 Å². The highest BCUT2D eigenvalue weighted by Gasteiger charge is 2.13. The van der Waals surface area contributed by atoms with Crippen molar-refractivity contribution in [3.05, 3.63) is 81.5 Å². The third-order valence-electron chi connectivity index (χ3n) is 3.51. The minimum Gasteiger partial charge on any atom is -0.457 e. The van der Waals surface area contributed by atoms with E-state index in [1.807, 2.05) is 25.1 Å². The van der Waals surface area contributed by atoms with Crippen LogP contribution in [0.2, 0.25) is 10.0 Å². The van der Waals surface area contributed by atoms with Gasteiger partial charge in [-0.05, 0) is 43.3 Å². The van der Waals surface area contributed by atoms with E-state index in [2.05, 4.69) is 0 Å². The SMILES string of the molecule is Cc1ccc(C(=O)OCc2ccc(-c3cccc(Cl)c3Cl)o2)cc1. The molecule has 3 nitrogen and oxygen atoms in total. The topological polar surface area (TPSA) is 39.4 Å². The summed E-state index contributed by atoms with van der Waals surface area (Å²) in [4.78, 5) is 12.0. The van der Waals surface area contributed by atoms with Crippen molar-refractivity contribution in [3.63, 3.8) is 0 Å². The molecule has 1 heterocycles. The fourth-order valence-electron chi connectivity index (χ4n) is 2.20. The van der Waals surface area contributed by atoms with Gasteiger partial charge in [-0.2, -0.15) is 0 Å². The summed E-state index contributed by atoms with van der Waals surface area (Å²) in [5, 5.41) is 0.884. The van der Waals surface area contributed by atoms with E-state index in [4.69, 9.17) is 32.4 Å². The number of halogens is 2. The zero-order valence-corrected chi connectivity index (χ0v) is 14.4. The lowest BCUT2D eigenvalue weighted by molar-refractivity contribution is 0.0446. The van der Waals surface area contributed by atoms with Crippen LogP contribution in [0.15, 0.2) is 59.0 Å². The first kappa shape index (κ1) is 16.6. The number of hydrogen-bond acceptors (Lipinski definition) is 3. The van der Waals surface area contributed by atoms with Crippen LogP contribution in [0.1, 0.15) is 21.7 Å². The second-order valence-electron chi connectivity index (χ2n) is 5.31. The zero-order chi connectivity index (χ0) is 17.1. The van der Waals surface area contributed by atoms with E-state index in [1.165, 1.54) is 0 Å². The maximum atomic E-state index is 12.0. The van der Waals surface area contributed by atoms with E-state index in [0.29, 0.717) is 32.7 Å². The van der Waals surface area contributed by atoms with Gasteiger partial charge in [-0.25, -0.2) is 4.79 Å². The third-order valence-corrected chi connectivity index (χ3v) is 4.33. The molecule has 5 heteroatoms. The number of carbonyl (C=O) groups is 1. The fraction of sp³-hybridized carbons (Fsp3) is 0.105. The molecule has 0 aliphatic rings. The van der Waals surface area contributed by atoms with E-state index in [0.717, 1.165) is 5.56 Å². The Morgan fingerprint density at radius 3 is 2.54 bits per heavy atom. The molecule has 0 atom stereocenters. The highest BCUT2D eigenvalue weighted by molar-refractivity contribution is 6.43. The number of benzene rings is 2. The van der Waals surface area contributed by atoms with Crippen LogP contribution in [0.25, 0.3) is 11.3 Å². The predicted molar refractivity (Wildman–Crippen MR) is 94.5 cm³/mol. The second kappa shape index (κ2) is 7.12. The van der Waals surface area contributed by atoms with Crippen molar-refractivity contribution >= 4 is 29.2 Å². The zero-order valence-electron chi connectivity index (χ0n) is 12.9. The molecule has 0 spiro atoms. The molecule has 0 saturated heterocycles. The summed E-state index contributed by atoms with van der Waals surface area (Å²) in [6, 6.07) is 16.0. The van der Waals surface area contributed by atoms with Gasteiger partial charge in [-0.15, -0.1) is 0 Å². The number of aryl methyl sites for hydroxylation is 1. The first-order valence-electron chi connectivity index (χ1n) is 7.31. The predicted octanol–water partition coefficient (Wildman–Crippen LogP) is 5.92. The minimum absolute atomic E-state index is 0.0465. The summed E-state index contributed by atoms with van der Waals surface area (Å²) >= 11 is 12.2. The van der Waals surface area contributed by atoms with Gasteiger partial charge in [0.15, 0.2) is 0 Å². The third kappa shape index (κ3) is 3.64. The van der Waals surface area contributed by atoms with Gasteiger partial charge < -0.3 is 9.15 Å². The van der Waals surface area contributed by atoms with Crippen LogP contribution in [0.4, 0.5) is 0 Å². The van der Waals surface area contributed by atoms with Crippen molar-refractivity contribution in [2.24, 2.45) is 0 Å². The van der Waals surface area contributed by atoms with E-state index >= 15 is 0 Å². The van der Waals surface area contributed by atoms with Crippen LogP contribution in [0.3, 0.4) is 0 Å². The standard InChI is InChI=1S/C19H14Cl2O3/c1-12-5-7-13(8-6-12)19(22)23-11-14-9-10-17(24-14)15-3-2-4-16(20)18(15)21/h2-10H,11H2,1H3.